The molecule has 1 aliphatic heterocycles. The first-order chi connectivity index (χ1) is 9.15. The van der Waals surface area contributed by atoms with Gasteiger partial charge in [0.25, 0.3) is 5.89 Å². The number of hydrogen-bond donors (Lipinski definition) is 1. The van der Waals surface area contributed by atoms with Gasteiger partial charge in [-0.15, -0.1) is 0 Å². The molecule has 0 aliphatic carbocycles. The van der Waals surface area contributed by atoms with E-state index in [-0.39, 0.29) is 12.2 Å². The molecule has 1 fully saturated rings. The standard InChI is InChI=1S/C12H13FN4O2/c1-12(6-14-7-12)18-5-10-16-11(17-19-10)9-3-2-8(13)4-15-9/h2-4,14H,5-7H2,1H3. The predicted molar refractivity (Wildman–Crippen MR) is 63.6 cm³/mol. The minimum absolute atomic E-state index is 0.164. The van der Waals surface area contributed by atoms with Crippen molar-refractivity contribution in [3.8, 4) is 11.5 Å². The fourth-order valence-electron chi connectivity index (χ4n) is 1.74. The number of halogens is 1. The molecule has 19 heavy (non-hydrogen) atoms. The lowest BCUT2D eigenvalue weighted by atomic mass is 10.0. The van der Waals surface area contributed by atoms with Gasteiger partial charge in [-0.25, -0.2) is 9.37 Å². The molecule has 0 bridgehead atoms. The monoisotopic (exact) mass is 264 g/mol. The Labute approximate surface area is 109 Å². The molecule has 1 aliphatic rings. The molecule has 2 aromatic rings. The van der Waals surface area contributed by atoms with Crippen molar-refractivity contribution in [2.75, 3.05) is 13.1 Å². The van der Waals surface area contributed by atoms with Crippen LogP contribution in [0.1, 0.15) is 12.8 Å². The zero-order chi connectivity index (χ0) is 13.3. The maximum atomic E-state index is 12.8. The lowest BCUT2D eigenvalue weighted by molar-refractivity contribution is -0.0841. The van der Waals surface area contributed by atoms with Crippen LogP contribution in [-0.2, 0) is 11.3 Å². The lowest BCUT2D eigenvalue weighted by Crippen LogP contribution is -2.58. The van der Waals surface area contributed by atoms with Crippen LogP contribution in [0.3, 0.4) is 0 Å². The average molecular weight is 264 g/mol. The first-order valence-electron chi connectivity index (χ1n) is 5.94. The van der Waals surface area contributed by atoms with Gasteiger partial charge in [-0.1, -0.05) is 5.16 Å². The van der Waals surface area contributed by atoms with Crippen LogP contribution in [0, 0.1) is 5.82 Å². The van der Waals surface area contributed by atoms with Gasteiger partial charge in [0.1, 0.15) is 18.1 Å². The molecule has 7 heteroatoms. The summed E-state index contributed by atoms with van der Waals surface area (Å²) in [6.07, 6.45) is 1.11. The Morgan fingerprint density at radius 1 is 1.47 bits per heavy atom. The quantitative estimate of drug-likeness (QED) is 0.893. The summed E-state index contributed by atoms with van der Waals surface area (Å²) in [6, 6.07) is 2.80. The van der Waals surface area contributed by atoms with E-state index in [0.717, 1.165) is 19.3 Å². The van der Waals surface area contributed by atoms with E-state index >= 15 is 0 Å². The third-order valence-corrected chi connectivity index (χ3v) is 2.97. The first-order valence-corrected chi connectivity index (χ1v) is 5.94. The van der Waals surface area contributed by atoms with Crippen molar-refractivity contribution in [2.24, 2.45) is 0 Å². The number of nitrogens with zero attached hydrogens (tertiary/aromatic N) is 3. The molecule has 0 spiro atoms. The van der Waals surface area contributed by atoms with Gasteiger partial charge in [0.05, 0.1) is 11.8 Å². The fourth-order valence-corrected chi connectivity index (χ4v) is 1.74. The van der Waals surface area contributed by atoms with Crippen LogP contribution in [0.5, 0.6) is 0 Å². The lowest BCUT2D eigenvalue weighted by Gasteiger charge is -2.38. The van der Waals surface area contributed by atoms with Gasteiger partial charge >= 0.3 is 0 Å². The molecule has 1 saturated heterocycles. The highest BCUT2D eigenvalue weighted by atomic mass is 19.1. The molecule has 0 amide bonds. The molecule has 0 aromatic carbocycles. The van der Waals surface area contributed by atoms with Gasteiger partial charge in [0.2, 0.25) is 5.82 Å². The Kier molecular flexibility index (Phi) is 3.00. The molecule has 0 unspecified atom stereocenters. The molecule has 0 atom stereocenters. The minimum atomic E-state index is -0.402. The van der Waals surface area contributed by atoms with Crippen LogP contribution in [0.2, 0.25) is 0 Å². The van der Waals surface area contributed by atoms with Crippen LogP contribution in [0.15, 0.2) is 22.9 Å². The van der Waals surface area contributed by atoms with Crippen molar-refractivity contribution in [3.05, 3.63) is 30.0 Å². The van der Waals surface area contributed by atoms with Crippen molar-refractivity contribution in [3.63, 3.8) is 0 Å². The topological polar surface area (TPSA) is 73.1 Å². The number of pyridine rings is 1. The Morgan fingerprint density at radius 3 is 2.95 bits per heavy atom. The molecule has 6 nitrogen and oxygen atoms in total. The summed E-state index contributed by atoms with van der Waals surface area (Å²) in [5.74, 6) is 0.311. The Balaban J connectivity index is 1.67. The first kappa shape index (κ1) is 12.2. The smallest absolute Gasteiger partial charge is 0.253 e. The van der Waals surface area contributed by atoms with E-state index in [1.54, 1.807) is 0 Å². The highest BCUT2D eigenvalue weighted by Crippen LogP contribution is 2.18. The SMILES string of the molecule is CC1(OCc2nc(-c3ccc(F)cn3)no2)CNC1. The summed E-state index contributed by atoms with van der Waals surface area (Å²) in [4.78, 5) is 8.05. The zero-order valence-corrected chi connectivity index (χ0v) is 10.4. The molecule has 0 radical (unpaired) electrons. The fraction of sp³-hybridized carbons (Fsp3) is 0.417. The van der Waals surface area contributed by atoms with Crippen molar-refractivity contribution >= 4 is 0 Å². The normalized spacial score (nSPS) is 17.2. The average Bonchev–Trinajstić information content (AvgIpc) is 2.84. The second kappa shape index (κ2) is 4.67. The second-order valence-electron chi connectivity index (χ2n) is 4.72. The molecule has 1 N–H and O–H groups in total. The highest BCUT2D eigenvalue weighted by molar-refractivity contribution is 5.47. The maximum absolute atomic E-state index is 12.8. The number of aromatic nitrogens is 3. The Hall–Kier alpha value is -1.86. The van der Waals surface area contributed by atoms with E-state index in [4.69, 9.17) is 9.26 Å². The zero-order valence-electron chi connectivity index (χ0n) is 10.4. The molecule has 2 aromatic heterocycles. The largest absolute Gasteiger partial charge is 0.363 e. The summed E-state index contributed by atoms with van der Waals surface area (Å²) < 4.78 is 23.5. The van der Waals surface area contributed by atoms with E-state index in [2.05, 4.69) is 20.4 Å². The Morgan fingerprint density at radius 2 is 2.32 bits per heavy atom. The van der Waals surface area contributed by atoms with E-state index < -0.39 is 5.82 Å². The third-order valence-electron chi connectivity index (χ3n) is 2.97. The highest BCUT2D eigenvalue weighted by Gasteiger charge is 2.33. The third kappa shape index (κ3) is 2.61. The van der Waals surface area contributed by atoms with Gasteiger partial charge in [-0.2, -0.15) is 4.98 Å². The molecular formula is C12H13FN4O2. The van der Waals surface area contributed by atoms with Gasteiger partial charge in [-0.05, 0) is 19.1 Å². The van der Waals surface area contributed by atoms with Crippen LogP contribution in [0.4, 0.5) is 4.39 Å². The van der Waals surface area contributed by atoms with E-state index in [1.165, 1.54) is 12.1 Å². The van der Waals surface area contributed by atoms with Gasteiger partial charge in [0.15, 0.2) is 0 Å². The maximum Gasteiger partial charge on any atom is 0.253 e. The van der Waals surface area contributed by atoms with Crippen LogP contribution in [-0.4, -0.2) is 33.8 Å². The van der Waals surface area contributed by atoms with Crippen molar-refractivity contribution in [2.45, 2.75) is 19.1 Å². The van der Waals surface area contributed by atoms with Gasteiger partial charge < -0.3 is 14.6 Å². The number of hydrogen-bond acceptors (Lipinski definition) is 6. The van der Waals surface area contributed by atoms with Crippen molar-refractivity contribution in [1.82, 2.24) is 20.4 Å². The van der Waals surface area contributed by atoms with Crippen molar-refractivity contribution < 1.29 is 13.7 Å². The summed E-state index contributed by atoms with van der Waals surface area (Å²) in [5.41, 5.74) is 0.302. The molecule has 100 valence electrons. The van der Waals surface area contributed by atoms with Crippen LogP contribution in [0.25, 0.3) is 11.5 Å². The molecule has 3 rings (SSSR count). The number of rotatable bonds is 4. The Bertz CT molecular complexity index is 565. The summed E-state index contributed by atoms with van der Waals surface area (Å²) in [6.45, 7) is 3.90. The number of ether oxygens (including phenoxy) is 1. The number of nitrogens with one attached hydrogen (secondary N) is 1. The van der Waals surface area contributed by atoms with E-state index in [9.17, 15) is 4.39 Å². The summed E-state index contributed by atoms with van der Waals surface area (Å²) >= 11 is 0. The second-order valence-corrected chi connectivity index (χ2v) is 4.72. The summed E-state index contributed by atoms with van der Waals surface area (Å²) in [5, 5.41) is 6.93. The van der Waals surface area contributed by atoms with E-state index in [0.29, 0.717) is 17.4 Å². The van der Waals surface area contributed by atoms with Crippen molar-refractivity contribution in [1.29, 1.82) is 0 Å². The van der Waals surface area contributed by atoms with E-state index in [1.807, 2.05) is 6.92 Å². The van der Waals surface area contributed by atoms with Crippen LogP contribution < -0.4 is 5.32 Å². The molecule has 0 saturated carbocycles. The van der Waals surface area contributed by atoms with Gasteiger partial charge in [-0.3, -0.25) is 0 Å². The minimum Gasteiger partial charge on any atom is -0.363 e. The molecular weight excluding hydrogens is 251 g/mol. The predicted octanol–water partition coefficient (Wildman–Crippen LogP) is 1.15. The van der Waals surface area contributed by atoms with Gasteiger partial charge in [0, 0.05) is 13.1 Å². The summed E-state index contributed by atoms with van der Waals surface area (Å²) in [7, 11) is 0. The van der Waals surface area contributed by atoms with Crippen LogP contribution >= 0.6 is 0 Å². The molecule has 3 heterocycles.